The van der Waals surface area contributed by atoms with Crippen LogP contribution >= 0.6 is 0 Å². The van der Waals surface area contributed by atoms with Crippen LogP contribution in [0.1, 0.15) is 30.5 Å². The van der Waals surface area contributed by atoms with Crippen LogP contribution in [0.5, 0.6) is 0 Å². The Kier molecular flexibility index (Phi) is 5.65. The number of benzene rings is 2. The molecule has 1 aliphatic heterocycles. The molecule has 1 aliphatic rings. The van der Waals surface area contributed by atoms with Crippen LogP contribution in [0, 0.1) is 0 Å². The molecule has 1 amide bonds. The standard InChI is InChI=1S/C21H23N5O3S/c1-16(27)26-11-5-8-18-12-19(9-10-21(18)26)30(28,29)24-20(13-25-15-22-14-23-25)17-6-3-2-4-7-17/h2-4,6-7,9-10,12,14-15,20,24H,5,8,11,13H2,1H3. The molecule has 9 heteroatoms. The number of nitrogens with zero attached hydrogens (tertiary/aromatic N) is 4. The van der Waals surface area contributed by atoms with Crippen LogP contribution in [-0.2, 0) is 27.8 Å². The molecule has 4 rings (SSSR count). The number of aromatic nitrogens is 3. The van der Waals surface area contributed by atoms with Crippen LogP contribution in [0.3, 0.4) is 0 Å². The third-order valence-electron chi connectivity index (χ3n) is 5.20. The van der Waals surface area contributed by atoms with Crippen molar-refractivity contribution in [3.8, 4) is 0 Å². The van der Waals surface area contributed by atoms with E-state index in [-0.39, 0.29) is 10.8 Å². The molecule has 0 spiro atoms. The summed E-state index contributed by atoms with van der Waals surface area (Å²) in [5, 5.41) is 4.10. The lowest BCUT2D eigenvalue weighted by atomic mass is 10.0. The Morgan fingerprint density at radius 2 is 2.00 bits per heavy atom. The summed E-state index contributed by atoms with van der Waals surface area (Å²) < 4.78 is 30.8. The van der Waals surface area contributed by atoms with Gasteiger partial charge in [-0.15, -0.1) is 0 Å². The maximum Gasteiger partial charge on any atom is 0.241 e. The second-order valence-electron chi connectivity index (χ2n) is 7.27. The van der Waals surface area contributed by atoms with Gasteiger partial charge in [0.1, 0.15) is 12.7 Å². The monoisotopic (exact) mass is 425 g/mol. The first-order valence-corrected chi connectivity index (χ1v) is 11.2. The second kappa shape index (κ2) is 8.37. The zero-order valence-corrected chi connectivity index (χ0v) is 17.4. The molecule has 2 aromatic carbocycles. The molecule has 2 heterocycles. The van der Waals surface area contributed by atoms with Crippen LogP contribution in [0.4, 0.5) is 5.69 Å². The summed E-state index contributed by atoms with van der Waals surface area (Å²) in [6, 6.07) is 13.8. The number of hydrogen-bond donors (Lipinski definition) is 1. The van der Waals surface area contributed by atoms with Crippen LogP contribution in [0.15, 0.2) is 66.1 Å². The molecule has 3 aromatic rings. The van der Waals surface area contributed by atoms with Gasteiger partial charge in [0.2, 0.25) is 15.9 Å². The lowest BCUT2D eigenvalue weighted by Gasteiger charge is -2.29. The summed E-state index contributed by atoms with van der Waals surface area (Å²) in [6.07, 6.45) is 4.52. The summed E-state index contributed by atoms with van der Waals surface area (Å²) in [7, 11) is -3.80. The highest BCUT2D eigenvalue weighted by atomic mass is 32.2. The van der Waals surface area contributed by atoms with Gasteiger partial charge < -0.3 is 4.90 Å². The van der Waals surface area contributed by atoms with E-state index in [0.29, 0.717) is 13.1 Å². The van der Waals surface area contributed by atoms with Crippen molar-refractivity contribution in [2.75, 3.05) is 11.4 Å². The number of sulfonamides is 1. The molecule has 0 saturated heterocycles. The number of amides is 1. The van der Waals surface area contributed by atoms with Crippen molar-refractivity contribution in [2.45, 2.75) is 37.2 Å². The van der Waals surface area contributed by atoms with E-state index in [4.69, 9.17) is 0 Å². The number of carbonyl (C=O) groups excluding carboxylic acids is 1. The SMILES string of the molecule is CC(=O)N1CCCc2cc(S(=O)(=O)NC(Cn3cncn3)c3ccccc3)ccc21. The summed E-state index contributed by atoms with van der Waals surface area (Å²) >= 11 is 0. The van der Waals surface area contributed by atoms with Gasteiger partial charge in [-0.05, 0) is 42.2 Å². The van der Waals surface area contributed by atoms with Crippen molar-refractivity contribution >= 4 is 21.6 Å². The average molecular weight is 426 g/mol. The minimum absolute atomic E-state index is 0.0401. The van der Waals surface area contributed by atoms with E-state index < -0.39 is 16.1 Å². The fourth-order valence-corrected chi connectivity index (χ4v) is 5.00. The van der Waals surface area contributed by atoms with E-state index in [0.717, 1.165) is 29.7 Å². The topological polar surface area (TPSA) is 97.2 Å². The van der Waals surface area contributed by atoms with Gasteiger partial charge in [-0.25, -0.2) is 18.1 Å². The van der Waals surface area contributed by atoms with E-state index in [2.05, 4.69) is 14.8 Å². The van der Waals surface area contributed by atoms with Gasteiger partial charge in [0.15, 0.2) is 0 Å². The lowest BCUT2D eigenvalue weighted by molar-refractivity contribution is -0.116. The highest BCUT2D eigenvalue weighted by Crippen LogP contribution is 2.30. The summed E-state index contributed by atoms with van der Waals surface area (Å²) in [6.45, 7) is 2.49. The number of hydrogen-bond acceptors (Lipinski definition) is 5. The molecule has 1 N–H and O–H groups in total. The van der Waals surface area contributed by atoms with Gasteiger partial charge in [0.05, 0.1) is 17.5 Å². The highest BCUT2D eigenvalue weighted by Gasteiger charge is 2.25. The molecule has 0 bridgehead atoms. The van der Waals surface area contributed by atoms with E-state index in [1.807, 2.05) is 30.3 Å². The zero-order valence-electron chi connectivity index (χ0n) is 16.6. The third kappa shape index (κ3) is 4.27. The van der Waals surface area contributed by atoms with E-state index in [9.17, 15) is 13.2 Å². The Balaban J connectivity index is 1.64. The van der Waals surface area contributed by atoms with E-state index in [1.54, 1.807) is 34.1 Å². The van der Waals surface area contributed by atoms with Crippen LogP contribution in [-0.4, -0.2) is 35.6 Å². The fourth-order valence-electron chi connectivity index (χ4n) is 3.73. The second-order valence-corrected chi connectivity index (χ2v) is 8.98. The van der Waals surface area contributed by atoms with Gasteiger partial charge >= 0.3 is 0 Å². The number of nitrogens with one attached hydrogen (secondary N) is 1. The minimum Gasteiger partial charge on any atom is -0.312 e. The van der Waals surface area contributed by atoms with Gasteiger partial charge in [0, 0.05) is 19.2 Å². The van der Waals surface area contributed by atoms with Gasteiger partial charge in [-0.1, -0.05) is 30.3 Å². The Morgan fingerprint density at radius 1 is 1.20 bits per heavy atom. The predicted molar refractivity (Wildman–Crippen MR) is 112 cm³/mol. The molecule has 1 unspecified atom stereocenters. The number of rotatable bonds is 6. The average Bonchev–Trinajstić information content (AvgIpc) is 3.26. The van der Waals surface area contributed by atoms with E-state index in [1.165, 1.54) is 13.3 Å². The van der Waals surface area contributed by atoms with Gasteiger partial charge in [-0.2, -0.15) is 5.10 Å². The largest absolute Gasteiger partial charge is 0.312 e. The first-order chi connectivity index (χ1) is 14.4. The van der Waals surface area contributed by atoms with Crippen molar-refractivity contribution in [1.29, 1.82) is 0 Å². The van der Waals surface area contributed by atoms with Crippen molar-refractivity contribution in [3.05, 3.63) is 72.3 Å². The Morgan fingerprint density at radius 3 is 2.70 bits per heavy atom. The molecule has 1 aromatic heterocycles. The van der Waals surface area contributed by atoms with Crippen LogP contribution in [0.2, 0.25) is 0 Å². The van der Waals surface area contributed by atoms with Crippen molar-refractivity contribution in [1.82, 2.24) is 19.5 Å². The quantitative estimate of drug-likeness (QED) is 0.654. The summed E-state index contributed by atoms with van der Waals surface area (Å²) in [5.41, 5.74) is 2.49. The Hall–Kier alpha value is -3.04. The normalized spacial score (nSPS) is 14.9. The maximum atomic E-state index is 13.2. The molecule has 0 fully saturated rings. The first kappa shape index (κ1) is 20.2. The Bertz CT molecular complexity index is 1130. The number of aryl methyl sites for hydroxylation is 1. The first-order valence-electron chi connectivity index (χ1n) is 9.75. The molecule has 156 valence electrons. The lowest BCUT2D eigenvalue weighted by Crippen LogP contribution is -2.34. The molecule has 8 nitrogen and oxygen atoms in total. The summed E-state index contributed by atoms with van der Waals surface area (Å²) in [4.78, 5) is 17.7. The van der Waals surface area contributed by atoms with Crippen LogP contribution in [0.25, 0.3) is 0 Å². The van der Waals surface area contributed by atoms with Gasteiger partial charge in [-0.3, -0.25) is 9.48 Å². The molecule has 0 radical (unpaired) electrons. The number of fused-ring (bicyclic) bond motifs is 1. The molecule has 1 atom stereocenters. The third-order valence-corrected chi connectivity index (χ3v) is 6.66. The number of anilines is 1. The Labute approximate surface area is 175 Å². The van der Waals surface area contributed by atoms with Crippen LogP contribution < -0.4 is 9.62 Å². The van der Waals surface area contributed by atoms with E-state index >= 15 is 0 Å². The maximum absolute atomic E-state index is 13.2. The zero-order chi connectivity index (χ0) is 21.1. The summed E-state index contributed by atoms with van der Waals surface area (Å²) in [5.74, 6) is -0.0401. The highest BCUT2D eigenvalue weighted by molar-refractivity contribution is 7.89. The smallest absolute Gasteiger partial charge is 0.241 e. The van der Waals surface area contributed by atoms with Crippen molar-refractivity contribution in [3.63, 3.8) is 0 Å². The van der Waals surface area contributed by atoms with Gasteiger partial charge in [0.25, 0.3) is 0 Å². The fraction of sp³-hybridized carbons (Fsp3) is 0.286. The van der Waals surface area contributed by atoms with Crippen molar-refractivity contribution < 1.29 is 13.2 Å². The number of carbonyl (C=O) groups is 1. The molecule has 30 heavy (non-hydrogen) atoms. The molecular formula is C21H23N5O3S. The molecular weight excluding hydrogens is 402 g/mol. The molecule has 0 aliphatic carbocycles. The molecule has 0 saturated carbocycles. The minimum atomic E-state index is -3.80. The predicted octanol–water partition coefficient (Wildman–Crippen LogP) is 2.30. The van der Waals surface area contributed by atoms with Crippen molar-refractivity contribution in [2.24, 2.45) is 0 Å².